The molecular formula is C12H24O4. The van der Waals surface area contributed by atoms with Crippen molar-refractivity contribution in [3.63, 3.8) is 0 Å². The molecule has 0 radical (unpaired) electrons. The second kappa shape index (κ2) is 12.5. The van der Waals surface area contributed by atoms with Gasteiger partial charge in [0.25, 0.3) is 0 Å². The van der Waals surface area contributed by atoms with Crippen molar-refractivity contribution in [1.82, 2.24) is 0 Å². The number of carbonyl (C=O) groups is 1. The van der Waals surface area contributed by atoms with Crippen LogP contribution in [0.3, 0.4) is 0 Å². The maximum absolute atomic E-state index is 10.1. The summed E-state index contributed by atoms with van der Waals surface area (Å²) in [5.41, 5.74) is 0. The Balaban J connectivity index is 0.000000281. The second-order valence-electron chi connectivity index (χ2n) is 3.75. The van der Waals surface area contributed by atoms with Crippen LogP contribution in [0.2, 0.25) is 0 Å². The van der Waals surface area contributed by atoms with Gasteiger partial charge in [0.15, 0.2) is 0 Å². The summed E-state index contributed by atoms with van der Waals surface area (Å²) in [5, 5.41) is 0. The summed E-state index contributed by atoms with van der Waals surface area (Å²) in [4.78, 5) is 19.6. The summed E-state index contributed by atoms with van der Waals surface area (Å²) < 4.78 is 4.64. The largest absolute Gasteiger partial charge is 0.466 e. The van der Waals surface area contributed by atoms with E-state index in [0.717, 1.165) is 38.9 Å². The third-order valence-electron chi connectivity index (χ3n) is 2.09. The van der Waals surface area contributed by atoms with Crippen molar-refractivity contribution in [1.29, 1.82) is 0 Å². The molecule has 0 atom stereocenters. The van der Waals surface area contributed by atoms with Crippen LogP contribution in [0.15, 0.2) is 0 Å². The number of ether oxygens (including phenoxy) is 1. The minimum atomic E-state index is -0.182. The van der Waals surface area contributed by atoms with Gasteiger partial charge in [-0.25, -0.2) is 9.78 Å². The van der Waals surface area contributed by atoms with Gasteiger partial charge in [0.05, 0.1) is 19.8 Å². The third-order valence-corrected chi connectivity index (χ3v) is 2.09. The number of rotatable bonds is 3. The summed E-state index contributed by atoms with van der Waals surface area (Å²) in [6.07, 6.45) is 6.94. The number of carbonyl (C=O) groups excluding carboxylic acids is 1. The fourth-order valence-corrected chi connectivity index (χ4v) is 1.15. The normalized spacial score (nSPS) is 16.4. The Morgan fingerprint density at radius 3 is 2.12 bits per heavy atom. The smallest absolute Gasteiger partial charge is 0.302 e. The van der Waals surface area contributed by atoms with Crippen LogP contribution in [0, 0.1) is 0 Å². The quantitative estimate of drug-likeness (QED) is 0.426. The molecule has 1 rings (SSSR count). The monoisotopic (exact) mass is 232 g/mol. The molecule has 1 saturated heterocycles. The van der Waals surface area contributed by atoms with Crippen LogP contribution >= 0.6 is 0 Å². The maximum atomic E-state index is 10.1. The van der Waals surface area contributed by atoms with Crippen LogP contribution in [-0.4, -0.2) is 25.8 Å². The molecule has 1 aliphatic rings. The van der Waals surface area contributed by atoms with Crippen molar-refractivity contribution in [3.05, 3.63) is 0 Å². The second-order valence-corrected chi connectivity index (χ2v) is 3.75. The first-order valence-electron chi connectivity index (χ1n) is 6.15. The summed E-state index contributed by atoms with van der Waals surface area (Å²) in [5.74, 6) is -0.182. The van der Waals surface area contributed by atoms with Gasteiger partial charge in [-0.2, -0.15) is 0 Å². The SMILES string of the molecule is C1CCCOOCC1.CCCCOC(C)=O. The zero-order chi connectivity index (χ0) is 12.1. The first kappa shape index (κ1) is 15.4. The zero-order valence-electron chi connectivity index (χ0n) is 10.5. The van der Waals surface area contributed by atoms with Crippen LogP contribution in [0.5, 0.6) is 0 Å². The minimum absolute atomic E-state index is 0.182. The Labute approximate surface area is 98.2 Å². The average molecular weight is 232 g/mol. The van der Waals surface area contributed by atoms with Crippen molar-refractivity contribution in [2.75, 3.05) is 19.8 Å². The highest BCUT2D eigenvalue weighted by atomic mass is 17.2. The predicted octanol–water partition coefficient (Wildman–Crippen LogP) is 2.86. The molecule has 0 N–H and O–H groups in total. The first-order valence-corrected chi connectivity index (χ1v) is 6.15. The molecule has 0 unspecified atom stereocenters. The highest BCUT2D eigenvalue weighted by Crippen LogP contribution is 2.03. The standard InChI is InChI=1S/2C6H12O2/c1-2-4-6-8-7-5-3-1;1-3-4-5-8-6(2)7/h1-6H2;3-5H2,1-2H3. The lowest BCUT2D eigenvalue weighted by molar-refractivity contribution is -0.298. The molecule has 4 heteroatoms. The molecule has 0 aromatic carbocycles. The van der Waals surface area contributed by atoms with Crippen molar-refractivity contribution in [2.24, 2.45) is 0 Å². The Morgan fingerprint density at radius 1 is 1.12 bits per heavy atom. The lowest BCUT2D eigenvalue weighted by Crippen LogP contribution is -2.02. The van der Waals surface area contributed by atoms with E-state index in [1.165, 1.54) is 19.8 Å². The van der Waals surface area contributed by atoms with E-state index in [2.05, 4.69) is 11.7 Å². The topological polar surface area (TPSA) is 44.8 Å². The lowest BCUT2D eigenvalue weighted by atomic mass is 10.2. The highest BCUT2D eigenvalue weighted by molar-refractivity contribution is 5.65. The van der Waals surface area contributed by atoms with Gasteiger partial charge in [0, 0.05) is 6.92 Å². The summed E-state index contributed by atoms with van der Waals surface area (Å²) in [6.45, 7) is 5.62. The fourth-order valence-electron chi connectivity index (χ4n) is 1.15. The highest BCUT2D eigenvalue weighted by Gasteiger charge is 1.96. The van der Waals surface area contributed by atoms with Crippen molar-refractivity contribution in [2.45, 2.75) is 52.4 Å². The zero-order valence-corrected chi connectivity index (χ0v) is 10.5. The Bertz CT molecular complexity index is 135. The summed E-state index contributed by atoms with van der Waals surface area (Å²) >= 11 is 0. The third kappa shape index (κ3) is 13.4. The number of esters is 1. The first-order chi connectivity index (χ1) is 7.77. The molecule has 0 aromatic heterocycles. The fraction of sp³-hybridized carbons (Fsp3) is 0.917. The molecule has 96 valence electrons. The molecule has 16 heavy (non-hydrogen) atoms. The molecule has 0 saturated carbocycles. The molecule has 1 heterocycles. The van der Waals surface area contributed by atoms with E-state index < -0.39 is 0 Å². The van der Waals surface area contributed by atoms with Crippen LogP contribution in [0.1, 0.15) is 52.4 Å². The molecule has 1 fully saturated rings. The Morgan fingerprint density at radius 2 is 1.69 bits per heavy atom. The Kier molecular flexibility index (Phi) is 12.0. The van der Waals surface area contributed by atoms with Gasteiger partial charge >= 0.3 is 5.97 Å². The van der Waals surface area contributed by atoms with Crippen molar-refractivity contribution >= 4 is 5.97 Å². The molecule has 0 spiro atoms. The molecule has 0 amide bonds. The van der Waals surface area contributed by atoms with Crippen molar-refractivity contribution < 1.29 is 19.3 Å². The van der Waals surface area contributed by atoms with Gasteiger partial charge in [-0.15, -0.1) is 0 Å². The predicted molar refractivity (Wildman–Crippen MR) is 61.9 cm³/mol. The van der Waals surface area contributed by atoms with Gasteiger partial charge in [-0.1, -0.05) is 26.2 Å². The van der Waals surface area contributed by atoms with E-state index in [-0.39, 0.29) is 5.97 Å². The molecule has 1 aliphatic heterocycles. The number of hydrogen-bond acceptors (Lipinski definition) is 4. The summed E-state index contributed by atoms with van der Waals surface area (Å²) in [6, 6.07) is 0. The summed E-state index contributed by atoms with van der Waals surface area (Å²) in [7, 11) is 0. The van der Waals surface area contributed by atoms with Gasteiger partial charge in [0.2, 0.25) is 0 Å². The van der Waals surface area contributed by atoms with E-state index >= 15 is 0 Å². The average Bonchev–Trinajstić information content (AvgIpc) is 2.17. The molecule has 0 bridgehead atoms. The minimum Gasteiger partial charge on any atom is -0.466 e. The maximum Gasteiger partial charge on any atom is 0.302 e. The number of unbranched alkanes of at least 4 members (excludes halogenated alkanes) is 1. The van der Waals surface area contributed by atoms with Crippen LogP contribution < -0.4 is 0 Å². The van der Waals surface area contributed by atoms with Gasteiger partial charge in [-0.3, -0.25) is 4.79 Å². The molecule has 0 aliphatic carbocycles. The van der Waals surface area contributed by atoms with Crippen molar-refractivity contribution in [3.8, 4) is 0 Å². The molecule has 4 nitrogen and oxygen atoms in total. The van der Waals surface area contributed by atoms with Gasteiger partial charge in [-0.05, 0) is 19.3 Å². The van der Waals surface area contributed by atoms with E-state index in [1.807, 2.05) is 0 Å². The number of hydrogen-bond donors (Lipinski definition) is 0. The van der Waals surface area contributed by atoms with Gasteiger partial charge < -0.3 is 4.74 Å². The van der Waals surface area contributed by atoms with Crippen LogP contribution in [-0.2, 0) is 19.3 Å². The van der Waals surface area contributed by atoms with Gasteiger partial charge in [0.1, 0.15) is 0 Å². The van der Waals surface area contributed by atoms with E-state index in [9.17, 15) is 4.79 Å². The van der Waals surface area contributed by atoms with E-state index in [0.29, 0.717) is 6.61 Å². The molecule has 0 aromatic rings. The molecular weight excluding hydrogens is 208 g/mol. The van der Waals surface area contributed by atoms with Crippen LogP contribution in [0.4, 0.5) is 0 Å². The Hall–Kier alpha value is -0.610. The van der Waals surface area contributed by atoms with E-state index in [4.69, 9.17) is 9.78 Å². The van der Waals surface area contributed by atoms with E-state index in [1.54, 1.807) is 0 Å². The lowest BCUT2D eigenvalue weighted by Gasteiger charge is -2.07. The van der Waals surface area contributed by atoms with Crippen LogP contribution in [0.25, 0.3) is 0 Å².